The van der Waals surface area contributed by atoms with Gasteiger partial charge in [-0.15, -0.1) is 0 Å². The van der Waals surface area contributed by atoms with Crippen LogP contribution in [0.15, 0.2) is 46.0 Å². The minimum absolute atomic E-state index is 0.0101. The molecule has 0 aromatic carbocycles. The maximum absolute atomic E-state index is 11.3. The molecule has 0 unspecified atom stereocenters. The highest BCUT2D eigenvalue weighted by atomic mass is 32.1. The molecule has 2 aromatic heterocycles. The van der Waals surface area contributed by atoms with Gasteiger partial charge in [0.15, 0.2) is 0 Å². The molecule has 2 heterocycles. The monoisotopic (exact) mass is 177 g/mol. The molecule has 0 fully saturated rings. The summed E-state index contributed by atoms with van der Waals surface area (Å²) >= 11 is 1.58. The van der Waals surface area contributed by atoms with E-state index in [4.69, 9.17) is 0 Å². The predicted molar refractivity (Wildman–Crippen MR) is 49.9 cm³/mol. The fourth-order valence-corrected chi connectivity index (χ4v) is 1.66. The van der Waals surface area contributed by atoms with Crippen molar-refractivity contribution in [3.8, 4) is 5.69 Å². The van der Waals surface area contributed by atoms with Gasteiger partial charge in [-0.1, -0.05) is 6.07 Å². The van der Waals surface area contributed by atoms with Crippen molar-refractivity contribution in [2.45, 2.75) is 0 Å². The van der Waals surface area contributed by atoms with Crippen molar-refractivity contribution < 1.29 is 0 Å². The second kappa shape index (κ2) is 2.95. The second-order valence-electron chi connectivity index (χ2n) is 2.39. The molecule has 0 saturated carbocycles. The molecule has 3 heteroatoms. The summed E-state index contributed by atoms with van der Waals surface area (Å²) in [7, 11) is 0. The van der Waals surface area contributed by atoms with Crippen molar-refractivity contribution in [1.29, 1.82) is 0 Å². The third-order valence-electron chi connectivity index (χ3n) is 1.61. The number of nitrogens with zero attached hydrogens (tertiary/aromatic N) is 1. The molecule has 2 aromatic rings. The van der Waals surface area contributed by atoms with Crippen molar-refractivity contribution in [3.05, 3.63) is 51.6 Å². The fraction of sp³-hybridized carbons (Fsp3) is 0. The Hall–Kier alpha value is -1.35. The van der Waals surface area contributed by atoms with Crippen LogP contribution >= 0.6 is 11.3 Å². The molecule has 0 saturated heterocycles. The normalized spacial score (nSPS) is 10.0. The Labute approximate surface area is 73.7 Å². The molecule has 60 valence electrons. The van der Waals surface area contributed by atoms with E-state index in [1.54, 1.807) is 34.2 Å². The summed E-state index contributed by atoms with van der Waals surface area (Å²) in [6.07, 6.45) is 1.77. The molecule has 0 atom stereocenters. The highest BCUT2D eigenvalue weighted by molar-refractivity contribution is 7.08. The first-order valence-corrected chi connectivity index (χ1v) is 4.52. The van der Waals surface area contributed by atoms with E-state index >= 15 is 0 Å². The van der Waals surface area contributed by atoms with Gasteiger partial charge in [0.1, 0.15) is 0 Å². The predicted octanol–water partition coefficient (Wildman–Crippen LogP) is 1.90. The van der Waals surface area contributed by atoms with Crippen molar-refractivity contribution in [3.63, 3.8) is 0 Å². The third kappa shape index (κ3) is 1.19. The molecular weight excluding hydrogens is 170 g/mol. The molecule has 2 rings (SSSR count). The second-order valence-corrected chi connectivity index (χ2v) is 3.17. The van der Waals surface area contributed by atoms with Gasteiger partial charge in [0.05, 0.1) is 5.69 Å². The smallest absolute Gasteiger partial charge is 0.255 e. The summed E-state index contributed by atoms with van der Waals surface area (Å²) in [4.78, 5) is 11.3. The Kier molecular flexibility index (Phi) is 1.80. The topological polar surface area (TPSA) is 22.0 Å². The average molecular weight is 177 g/mol. The molecule has 0 bridgehead atoms. The standard InChI is InChI=1S/C9H7NOS/c11-9-3-1-2-5-10(9)8-4-6-12-7-8/h1-7H. The Bertz CT molecular complexity index is 416. The van der Waals surface area contributed by atoms with Crippen LogP contribution in [0.4, 0.5) is 0 Å². The number of aromatic nitrogens is 1. The SMILES string of the molecule is O=c1ccccn1-c1ccsc1. The largest absolute Gasteiger partial charge is 0.283 e. The zero-order valence-corrected chi connectivity index (χ0v) is 7.12. The van der Waals surface area contributed by atoms with Gasteiger partial charge in [-0.2, -0.15) is 11.3 Å². The van der Waals surface area contributed by atoms with Gasteiger partial charge in [-0.25, -0.2) is 0 Å². The van der Waals surface area contributed by atoms with Crippen LogP contribution in [0.1, 0.15) is 0 Å². The lowest BCUT2D eigenvalue weighted by atomic mass is 10.4. The van der Waals surface area contributed by atoms with Crippen molar-refractivity contribution in [1.82, 2.24) is 4.57 Å². The van der Waals surface area contributed by atoms with Crippen LogP contribution in [0.25, 0.3) is 5.69 Å². The van der Waals surface area contributed by atoms with Crippen LogP contribution in [0.3, 0.4) is 0 Å². The summed E-state index contributed by atoms with van der Waals surface area (Å²) in [5, 5.41) is 3.90. The van der Waals surface area contributed by atoms with Crippen molar-refractivity contribution >= 4 is 11.3 Å². The van der Waals surface area contributed by atoms with Gasteiger partial charge in [0.2, 0.25) is 0 Å². The van der Waals surface area contributed by atoms with E-state index in [1.807, 2.05) is 22.9 Å². The lowest BCUT2D eigenvalue weighted by Crippen LogP contribution is -2.14. The van der Waals surface area contributed by atoms with Gasteiger partial charge in [-0.3, -0.25) is 9.36 Å². The first kappa shape index (κ1) is 7.31. The molecule has 0 aliphatic carbocycles. The number of thiophene rings is 1. The van der Waals surface area contributed by atoms with Crippen LogP contribution in [0, 0.1) is 0 Å². The molecule has 0 aliphatic rings. The number of hydrogen-bond donors (Lipinski definition) is 0. The van der Waals surface area contributed by atoms with E-state index in [0.717, 1.165) is 5.69 Å². The van der Waals surface area contributed by atoms with E-state index < -0.39 is 0 Å². The van der Waals surface area contributed by atoms with Crippen molar-refractivity contribution in [2.75, 3.05) is 0 Å². The molecule has 12 heavy (non-hydrogen) atoms. The Morgan fingerprint density at radius 3 is 2.83 bits per heavy atom. The summed E-state index contributed by atoms with van der Waals surface area (Å²) in [5.41, 5.74) is 0.946. The lowest BCUT2D eigenvalue weighted by Gasteiger charge is -1.98. The summed E-state index contributed by atoms with van der Waals surface area (Å²) in [6, 6.07) is 7.06. The highest BCUT2D eigenvalue weighted by Gasteiger charge is 1.95. The lowest BCUT2D eigenvalue weighted by molar-refractivity contribution is 0.997. The first-order chi connectivity index (χ1) is 5.88. The Balaban J connectivity index is 2.63. The third-order valence-corrected chi connectivity index (χ3v) is 2.28. The molecule has 0 aliphatic heterocycles. The fourth-order valence-electron chi connectivity index (χ4n) is 1.04. The summed E-state index contributed by atoms with van der Waals surface area (Å²) in [5.74, 6) is 0. The number of hydrogen-bond acceptors (Lipinski definition) is 2. The molecule has 2 nitrogen and oxygen atoms in total. The maximum Gasteiger partial charge on any atom is 0.255 e. The average Bonchev–Trinajstić information content (AvgIpc) is 2.57. The molecule has 0 spiro atoms. The van der Waals surface area contributed by atoms with E-state index in [0.29, 0.717) is 0 Å². The van der Waals surface area contributed by atoms with Gasteiger partial charge in [0, 0.05) is 17.6 Å². The van der Waals surface area contributed by atoms with E-state index in [-0.39, 0.29) is 5.56 Å². The van der Waals surface area contributed by atoms with Gasteiger partial charge >= 0.3 is 0 Å². The minimum atomic E-state index is 0.0101. The molecule has 0 N–H and O–H groups in total. The Morgan fingerprint density at radius 2 is 2.17 bits per heavy atom. The molecule has 0 radical (unpaired) electrons. The molecular formula is C9H7NOS. The van der Waals surface area contributed by atoms with Gasteiger partial charge in [0.25, 0.3) is 5.56 Å². The van der Waals surface area contributed by atoms with Crippen LogP contribution in [0.5, 0.6) is 0 Å². The first-order valence-electron chi connectivity index (χ1n) is 3.58. The van der Waals surface area contributed by atoms with Crippen molar-refractivity contribution in [2.24, 2.45) is 0 Å². The quantitative estimate of drug-likeness (QED) is 0.652. The minimum Gasteiger partial charge on any atom is -0.283 e. The van der Waals surface area contributed by atoms with Crippen LogP contribution in [0.2, 0.25) is 0 Å². The van der Waals surface area contributed by atoms with Crippen LogP contribution < -0.4 is 5.56 Å². The van der Waals surface area contributed by atoms with Gasteiger partial charge < -0.3 is 0 Å². The number of rotatable bonds is 1. The van der Waals surface area contributed by atoms with E-state index in [9.17, 15) is 4.79 Å². The zero-order valence-electron chi connectivity index (χ0n) is 6.31. The summed E-state index contributed by atoms with van der Waals surface area (Å²) < 4.78 is 1.62. The maximum atomic E-state index is 11.3. The van der Waals surface area contributed by atoms with Gasteiger partial charge in [-0.05, 0) is 17.5 Å². The van der Waals surface area contributed by atoms with Crippen LogP contribution in [-0.4, -0.2) is 4.57 Å². The molecule has 0 amide bonds. The van der Waals surface area contributed by atoms with E-state index in [2.05, 4.69) is 0 Å². The number of pyridine rings is 1. The summed E-state index contributed by atoms with van der Waals surface area (Å²) in [6.45, 7) is 0. The zero-order chi connectivity index (χ0) is 8.39. The Morgan fingerprint density at radius 1 is 1.25 bits per heavy atom. The van der Waals surface area contributed by atoms with E-state index in [1.165, 1.54) is 0 Å². The van der Waals surface area contributed by atoms with Crippen LogP contribution in [-0.2, 0) is 0 Å². The highest BCUT2D eigenvalue weighted by Crippen LogP contribution is 2.08.